The molecule has 0 aliphatic rings. The van der Waals surface area contributed by atoms with Gasteiger partial charge in [0.25, 0.3) is 0 Å². The summed E-state index contributed by atoms with van der Waals surface area (Å²) in [7, 11) is 0. The molecule has 3 rings (SSSR count). The number of nitrogens with zero attached hydrogens (tertiary/aromatic N) is 2. The van der Waals surface area contributed by atoms with Crippen molar-refractivity contribution in [1.29, 1.82) is 0 Å². The van der Waals surface area contributed by atoms with E-state index in [1.54, 1.807) is 18.3 Å². The highest BCUT2D eigenvalue weighted by atomic mass is 16.1. The van der Waals surface area contributed by atoms with E-state index in [2.05, 4.69) is 41.1 Å². The lowest BCUT2D eigenvalue weighted by molar-refractivity contribution is -0.111. The second-order valence-corrected chi connectivity index (χ2v) is 5.82. The van der Waals surface area contributed by atoms with Crippen LogP contribution in [0.15, 0.2) is 93.0 Å². The zero-order chi connectivity index (χ0) is 19.2. The Kier molecular flexibility index (Phi) is 5.38. The molecule has 0 saturated carbocycles. The first-order valence-corrected chi connectivity index (χ1v) is 8.39. The molecular formula is C23H19N3O. The van der Waals surface area contributed by atoms with Crippen molar-refractivity contribution in [3.63, 3.8) is 0 Å². The molecule has 0 spiro atoms. The van der Waals surface area contributed by atoms with Crippen LogP contribution in [0, 0.1) is 0 Å². The molecule has 0 unspecified atom stereocenters. The number of anilines is 1. The van der Waals surface area contributed by atoms with E-state index in [4.69, 9.17) is 0 Å². The van der Waals surface area contributed by atoms with Crippen LogP contribution < -0.4 is 5.32 Å². The number of allylic oxidation sites excluding steroid dienone is 4. The predicted octanol–water partition coefficient (Wildman–Crippen LogP) is 5.18. The second-order valence-electron chi connectivity index (χ2n) is 5.82. The quantitative estimate of drug-likeness (QED) is 0.491. The number of amides is 1. The number of benzene rings is 2. The highest BCUT2D eigenvalue weighted by Crippen LogP contribution is 2.32. The molecule has 0 aliphatic carbocycles. The first-order valence-electron chi connectivity index (χ1n) is 8.39. The third-order valence-electron chi connectivity index (χ3n) is 4.08. The summed E-state index contributed by atoms with van der Waals surface area (Å²) in [6, 6.07) is 11.7. The number of hydrogen-bond acceptors (Lipinski definition) is 3. The van der Waals surface area contributed by atoms with Crippen LogP contribution in [0.2, 0.25) is 0 Å². The maximum absolute atomic E-state index is 11.6. The Hall–Kier alpha value is -3.79. The lowest BCUT2D eigenvalue weighted by Gasteiger charge is -2.12. The summed E-state index contributed by atoms with van der Waals surface area (Å²) >= 11 is 0. The summed E-state index contributed by atoms with van der Waals surface area (Å²) in [4.78, 5) is 20.2. The average molecular weight is 353 g/mol. The van der Waals surface area contributed by atoms with Crippen LogP contribution in [0.5, 0.6) is 0 Å². The molecule has 4 nitrogen and oxygen atoms in total. The molecular weight excluding hydrogens is 334 g/mol. The van der Waals surface area contributed by atoms with E-state index in [0.29, 0.717) is 5.69 Å². The van der Waals surface area contributed by atoms with Crippen LogP contribution in [0.3, 0.4) is 0 Å². The molecule has 0 radical (unpaired) electrons. The Bertz CT molecular complexity index is 1080. The Labute approximate surface area is 158 Å². The van der Waals surface area contributed by atoms with Gasteiger partial charge in [0, 0.05) is 22.8 Å². The SMILES string of the molecule is C=C/C=C(\C=C)c1cc(-c2cccc(NC(=O)C=C)c2)c2ncncc2c1. The van der Waals surface area contributed by atoms with Crippen molar-refractivity contribution in [2.45, 2.75) is 0 Å². The van der Waals surface area contributed by atoms with Gasteiger partial charge in [0.15, 0.2) is 0 Å². The molecule has 1 heterocycles. The summed E-state index contributed by atoms with van der Waals surface area (Å²) in [5, 5.41) is 3.71. The molecule has 1 amide bonds. The number of carbonyl (C=O) groups is 1. The van der Waals surface area contributed by atoms with E-state index >= 15 is 0 Å². The topological polar surface area (TPSA) is 54.9 Å². The maximum atomic E-state index is 11.6. The summed E-state index contributed by atoms with van der Waals surface area (Å²) in [6.45, 7) is 11.1. The van der Waals surface area contributed by atoms with E-state index in [1.165, 1.54) is 12.4 Å². The Balaban J connectivity index is 2.21. The molecule has 3 aromatic rings. The van der Waals surface area contributed by atoms with Gasteiger partial charge in [-0.05, 0) is 47.0 Å². The first kappa shape index (κ1) is 18.0. The molecule has 2 aromatic carbocycles. The molecule has 0 atom stereocenters. The maximum Gasteiger partial charge on any atom is 0.247 e. The van der Waals surface area contributed by atoms with Crippen LogP contribution in [0.25, 0.3) is 27.6 Å². The third kappa shape index (κ3) is 3.90. The molecule has 0 fully saturated rings. The molecule has 1 N–H and O–H groups in total. The normalized spacial score (nSPS) is 11.0. The van der Waals surface area contributed by atoms with E-state index in [0.717, 1.165) is 33.2 Å². The van der Waals surface area contributed by atoms with Crippen molar-refractivity contribution < 1.29 is 4.79 Å². The zero-order valence-corrected chi connectivity index (χ0v) is 14.9. The number of aromatic nitrogens is 2. The summed E-state index contributed by atoms with van der Waals surface area (Å²) in [5.41, 5.74) is 5.34. The van der Waals surface area contributed by atoms with Crippen molar-refractivity contribution in [3.8, 4) is 11.1 Å². The molecule has 1 aromatic heterocycles. The van der Waals surface area contributed by atoms with Gasteiger partial charge in [-0.15, -0.1) is 0 Å². The number of hydrogen-bond donors (Lipinski definition) is 1. The zero-order valence-electron chi connectivity index (χ0n) is 14.9. The van der Waals surface area contributed by atoms with Gasteiger partial charge in [-0.2, -0.15) is 0 Å². The van der Waals surface area contributed by atoms with Gasteiger partial charge < -0.3 is 5.32 Å². The van der Waals surface area contributed by atoms with E-state index in [-0.39, 0.29) is 5.91 Å². The highest BCUT2D eigenvalue weighted by Gasteiger charge is 2.10. The van der Waals surface area contributed by atoms with Crippen LogP contribution in [-0.4, -0.2) is 15.9 Å². The van der Waals surface area contributed by atoms with Gasteiger partial charge in [-0.3, -0.25) is 4.79 Å². The monoisotopic (exact) mass is 353 g/mol. The lowest BCUT2D eigenvalue weighted by Crippen LogP contribution is -2.07. The fourth-order valence-corrected chi connectivity index (χ4v) is 2.86. The highest BCUT2D eigenvalue weighted by molar-refractivity contribution is 6.00. The average Bonchev–Trinajstić information content (AvgIpc) is 2.71. The number of fused-ring (bicyclic) bond motifs is 1. The van der Waals surface area contributed by atoms with Crippen LogP contribution in [0.1, 0.15) is 5.56 Å². The Morgan fingerprint density at radius 1 is 1.07 bits per heavy atom. The van der Waals surface area contributed by atoms with Crippen molar-refractivity contribution in [3.05, 3.63) is 98.5 Å². The summed E-state index contributed by atoms with van der Waals surface area (Å²) in [5.74, 6) is -0.254. The minimum absolute atomic E-state index is 0.254. The van der Waals surface area contributed by atoms with Gasteiger partial charge in [0.1, 0.15) is 6.33 Å². The molecule has 4 heteroatoms. The minimum Gasteiger partial charge on any atom is -0.323 e. The van der Waals surface area contributed by atoms with Crippen LogP contribution >= 0.6 is 0 Å². The first-order chi connectivity index (χ1) is 13.2. The minimum atomic E-state index is -0.254. The van der Waals surface area contributed by atoms with Crippen molar-refractivity contribution in [2.75, 3.05) is 5.32 Å². The number of rotatable bonds is 6. The molecule has 0 saturated heterocycles. The standard InChI is InChI=1S/C23H19N3O/c1-4-8-16(5-2)18-11-19-14-24-15-25-23(19)21(13-18)17-9-7-10-20(12-17)26-22(27)6-3/h4-15H,1-3H2,(H,26,27)/b16-8+. The van der Waals surface area contributed by atoms with Crippen molar-refractivity contribution >= 4 is 28.1 Å². The molecule has 27 heavy (non-hydrogen) atoms. The fourth-order valence-electron chi connectivity index (χ4n) is 2.86. The number of nitrogens with one attached hydrogen (secondary N) is 1. The number of carbonyl (C=O) groups excluding carboxylic acids is 1. The van der Waals surface area contributed by atoms with Gasteiger partial charge in [0.05, 0.1) is 5.52 Å². The van der Waals surface area contributed by atoms with E-state index in [1.807, 2.05) is 36.4 Å². The van der Waals surface area contributed by atoms with Gasteiger partial charge in [0.2, 0.25) is 5.91 Å². The van der Waals surface area contributed by atoms with Gasteiger partial charge in [-0.1, -0.05) is 50.1 Å². The summed E-state index contributed by atoms with van der Waals surface area (Å²) < 4.78 is 0. The molecule has 0 aliphatic heterocycles. The summed E-state index contributed by atoms with van der Waals surface area (Å²) in [6.07, 6.45) is 9.98. The molecule has 0 bridgehead atoms. The van der Waals surface area contributed by atoms with E-state index in [9.17, 15) is 4.79 Å². The van der Waals surface area contributed by atoms with Crippen LogP contribution in [0.4, 0.5) is 5.69 Å². The predicted molar refractivity (Wildman–Crippen MR) is 112 cm³/mol. The Morgan fingerprint density at radius 3 is 2.67 bits per heavy atom. The van der Waals surface area contributed by atoms with Crippen molar-refractivity contribution in [2.24, 2.45) is 0 Å². The third-order valence-corrected chi connectivity index (χ3v) is 4.08. The smallest absolute Gasteiger partial charge is 0.247 e. The van der Waals surface area contributed by atoms with Crippen molar-refractivity contribution in [1.82, 2.24) is 9.97 Å². The molecule has 132 valence electrons. The largest absolute Gasteiger partial charge is 0.323 e. The van der Waals surface area contributed by atoms with Crippen LogP contribution in [-0.2, 0) is 4.79 Å². The fraction of sp³-hybridized carbons (Fsp3) is 0. The lowest BCUT2D eigenvalue weighted by atomic mass is 9.95. The van der Waals surface area contributed by atoms with E-state index < -0.39 is 0 Å². The second kappa shape index (κ2) is 8.06. The van der Waals surface area contributed by atoms with Gasteiger partial charge >= 0.3 is 0 Å². The Morgan fingerprint density at radius 2 is 1.93 bits per heavy atom. The van der Waals surface area contributed by atoms with Gasteiger partial charge in [-0.25, -0.2) is 9.97 Å².